The zero-order valence-corrected chi connectivity index (χ0v) is 14.1. The second-order valence-corrected chi connectivity index (χ2v) is 4.71. The van der Waals surface area contributed by atoms with Gasteiger partial charge in [0.2, 0.25) is 5.29 Å². The van der Waals surface area contributed by atoms with Gasteiger partial charge in [-0.05, 0) is 37.9 Å². The van der Waals surface area contributed by atoms with Crippen LogP contribution in [-0.4, -0.2) is 31.5 Å². The maximum absolute atomic E-state index is 6.09. The van der Waals surface area contributed by atoms with Crippen molar-refractivity contribution in [1.82, 2.24) is 0 Å². The monoisotopic (exact) mass is 320 g/mol. The van der Waals surface area contributed by atoms with Crippen molar-refractivity contribution in [2.24, 2.45) is 9.98 Å². The van der Waals surface area contributed by atoms with Crippen LogP contribution in [0.15, 0.2) is 32.9 Å². The van der Waals surface area contributed by atoms with Crippen LogP contribution >= 0.6 is 23.2 Å². The number of nitrogens with zero attached hydrogens (tertiary/aromatic N) is 2. The van der Waals surface area contributed by atoms with Crippen molar-refractivity contribution in [2.45, 2.75) is 39.8 Å². The summed E-state index contributed by atoms with van der Waals surface area (Å²) in [6, 6.07) is 0. The van der Waals surface area contributed by atoms with Crippen molar-refractivity contribution in [3.8, 4) is 0 Å². The topological polar surface area (TPSA) is 43.2 Å². The summed E-state index contributed by atoms with van der Waals surface area (Å²) in [5.74, 6) is 0.631. The minimum Gasteiger partial charge on any atom is -0.500 e. The third kappa shape index (κ3) is 7.68. The molecule has 0 spiro atoms. The molecule has 0 bridgehead atoms. The summed E-state index contributed by atoms with van der Waals surface area (Å²) in [6.07, 6.45) is 4.46. The van der Waals surface area contributed by atoms with Gasteiger partial charge < -0.3 is 9.47 Å². The van der Waals surface area contributed by atoms with Crippen LogP contribution in [0.1, 0.15) is 33.6 Å². The van der Waals surface area contributed by atoms with Crippen LogP contribution in [0.3, 0.4) is 0 Å². The summed E-state index contributed by atoms with van der Waals surface area (Å²) >= 11 is 12.1. The fraction of sp³-hybridized carbons (Fsp3) is 0.571. The first kappa shape index (κ1) is 19.2. The Hall–Kier alpha value is -0.840. The van der Waals surface area contributed by atoms with Crippen molar-refractivity contribution in [1.29, 1.82) is 0 Å². The molecule has 0 saturated carbocycles. The van der Waals surface area contributed by atoms with E-state index < -0.39 is 6.23 Å². The van der Waals surface area contributed by atoms with Crippen LogP contribution in [0.5, 0.6) is 0 Å². The molecule has 0 N–H and O–H groups in total. The maximum Gasteiger partial charge on any atom is 0.220 e. The van der Waals surface area contributed by atoms with Crippen LogP contribution in [-0.2, 0) is 9.47 Å². The van der Waals surface area contributed by atoms with E-state index in [0.717, 1.165) is 12.1 Å². The van der Waals surface area contributed by atoms with Crippen molar-refractivity contribution in [2.75, 3.05) is 14.2 Å². The average Bonchev–Trinajstić information content (AvgIpc) is 2.44. The number of rotatable bonds is 7. The van der Waals surface area contributed by atoms with Crippen LogP contribution in [0, 0.1) is 0 Å². The summed E-state index contributed by atoms with van der Waals surface area (Å²) in [5.41, 5.74) is 0.853. The lowest BCUT2D eigenvalue weighted by Crippen LogP contribution is -2.10. The van der Waals surface area contributed by atoms with E-state index in [9.17, 15) is 0 Å². The molecule has 0 rings (SSSR count). The molecule has 0 fully saturated rings. The molecular formula is C14H22Cl2N2O2. The summed E-state index contributed by atoms with van der Waals surface area (Å²) in [5, 5.41) is 0.687. The van der Waals surface area contributed by atoms with E-state index >= 15 is 0 Å². The highest BCUT2D eigenvalue weighted by Crippen LogP contribution is 2.18. The number of amidine groups is 1. The number of hydrogen-bond donors (Lipinski definition) is 0. The first-order chi connectivity index (χ1) is 9.48. The molecule has 114 valence electrons. The van der Waals surface area contributed by atoms with Gasteiger partial charge in [-0.25, -0.2) is 9.98 Å². The highest BCUT2D eigenvalue weighted by Gasteiger charge is 2.11. The molecule has 20 heavy (non-hydrogen) atoms. The van der Waals surface area contributed by atoms with Crippen LogP contribution in [0.2, 0.25) is 0 Å². The molecule has 1 atom stereocenters. The molecular weight excluding hydrogens is 299 g/mol. The average molecular weight is 321 g/mol. The lowest BCUT2D eigenvalue weighted by atomic mass is 10.3. The van der Waals surface area contributed by atoms with E-state index in [0.29, 0.717) is 17.2 Å². The Morgan fingerprint density at radius 3 is 2.40 bits per heavy atom. The van der Waals surface area contributed by atoms with E-state index in [4.69, 9.17) is 32.7 Å². The number of halogens is 2. The minimum atomic E-state index is -0.493. The van der Waals surface area contributed by atoms with Gasteiger partial charge in [0.25, 0.3) is 0 Å². The first-order valence-electron chi connectivity index (χ1n) is 6.34. The van der Waals surface area contributed by atoms with E-state index in [-0.39, 0.29) is 5.29 Å². The van der Waals surface area contributed by atoms with Gasteiger partial charge in [-0.1, -0.05) is 24.6 Å². The molecule has 0 saturated heterocycles. The molecule has 6 heteroatoms. The highest BCUT2D eigenvalue weighted by atomic mass is 35.5. The number of allylic oxidation sites excluding steroid dienone is 3. The minimum absolute atomic E-state index is 0.145. The zero-order chi connectivity index (χ0) is 15.5. The zero-order valence-electron chi connectivity index (χ0n) is 12.6. The standard InChI is InChI=1S/C14H22Cl2N2O2/c1-6-8-11(7-2)17-14(16)18-13(20-5)9-12(15)10(3)19-4/h6,8,13H,7,9H2,1-5H3/b8-6-,12-10-,17-11+,18-14-. The number of aliphatic imine (C=N–C) groups is 2. The number of methoxy groups -OCH3 is 2. The van der Waals surface area contributed by atoms with Crippen LogP contribution in [0.4, 0.5) is 0 Å². The fourth-order valence-electron chi connectivity index (χ4n) is 1.28. The molecule has 0 aromatic heterocycles. The lowest BCUT2D eigenvalue weighted by Gasteiger charge is -2.11. The van der Waals surface area contributed by atoms with Crippen molar-refractivity contribution in [3.63, 3.8) is 0 Å². The molecule has 0 aliphatic heterocycles. The first-order valence-corrected chi connectivity index (χ1v) is 7.09. The second kappa shape index (κ2) is 10.9. The van der Waals surface area contributed by atoms with Crippen molar-refractivity contribution < 1.29 is 9.47 Å². The van der Waals surface area contributed by atoms with Crippen LogP contribution < -0.4 is 0 Å². The van der Waals surface area contributed by atoms with Gasteiger partial charge >= 0.3 is 0 Å². The van der Waals surface area contributed by atoms with Gasteiger partial charge in [-0.3, -0.25) is 0 Å². The van der Waals surface area contributed by atoms with Crippen molar-refractivity contribution in [3.05, 3.63) is 22.9 Å². The van der Waals surface area contributed by atoms with Crippen molar-refractivity contribution >= 4 is 34.2 Å². The number of hydrogen-bond acceptors (Lipinski definition) is 3. The predicted octanol–water partition coefficient (Wildman–Crippen LogP) is 4.49. The Labute approximate surface area is 131 Å². The Morgan fingerprint density at radius 2 is 1.95 bits per heavy atom. The van der Waals surface area contributed by atoms with E-state index in [1.165, 1.54) is 0 Å². The highest BCUT2D eigenvalue weighted by molar-refractivity contribution is 6.65. The summed E-state index contributed by atoms with van der Waals surface area (Å²) in [7, 11) is 3.10. The third-order valence-electron chi connectivity index (χ3n) is 2.52. The van der Waals surface area contributed by atoms with Gasteiger partial charge in [0.05, 0.1) is 12.1 Å². The smallest absolute Gasteiger partial charge is 0.220 e. The van der Waals surface area contributed by atoms with E-state index in [2.05, 4.69) is 9.98 Å². The third-order valence-corrected chi connectivity index (χ3v) is 3.12. The molecule has 0 aliphatic carbocycles. The Balaban J connectivity index is 4.97. The molecule has 4 nitrogen and oxygen atoms in total. The molecule has 0 aliphatic rings. The molecule has 0 amide bonds. The van der Waals surface area contributed by atoms with Gasteiger partial charge in [0, 0.05) is 19.2 Å². The molecule has 0 aromatic rings. The fourth-order valence-corrected chi connectivity index (χ4v) is 1.71. The maximum atomic E-state index is 6.09. The van der Waals surface area contributed by atoms with Gasteiger partial charge in [-0.15, -0.1) is 0 Å². The van der Waals surface area contributed by atoms with E-state index in [1.54, 1.807) is 21.1 Å². The second-order valence-electron chi connectivity index (χ2n) is 3.91. The predicted molar refractivity (Wildman–Crippen MR) is 86.8 cm³/mol. The summed E-state index contributed by atoms with van der Waals surface area (Å²) < 4.78 is 10.3. The largest absolute Gasteiger partial charge is 0.500 e. The lowest BCUT2D eigenvalue weighted by molar-refractivity contribution is 0.111. The Morgan fingerprint density at radius 1 is 1.30 bits per heavy atom. The number of ether oxygens (including phenoxy) is 2. The van der Waals surface area contributed by atoms with E-state index in [1.807, 2.05) is 26.0 Å². The van der Waals surface area contributed by atoms with Gasteiger partial charge in [-0.2, -0.15) is 0 Å². The van der Waals surface area contributed by atoms with Gasteiger partial charge in [0.1, 0.15) is 5.76 Å². The quantitative estimate of drug-likeness (QED) is 0.300. The SMILES string of the molecule is C\C=C/C(CC)=N/C(Cl)=N\C(C/C(Cl)=C(\C)OC)OC. The van der Waals surface area contributed by atoms with Gasteiger partial charge in [0.15, 0.2) is 6.23 Å². The molecule has 1 unspecified atom stereocenters. The molecule has 0 aromatic carbocycles. The summed E-state index contributed by atoms with van der Waals surface area (Å²) in [6.45, 7) is 5.70. The van der Waals surface area contributed by atoms with Crippen LogP contribution in [0.25, 0.3) is 0 Å². The molecule has 0 radical (unpaired) electrons. The normalized spacial score (nSPS) is 16.4. The molecule has 0 heterocycles. The Bertz CT molecular complexity index is 415. The Kier molecular flexibility index (Phi) is 10.4. The summed E-state index contributed by atoms with van der Waals surface area (Å²) in [4.78, 5) is 8.41.